The van der Waals surface area contributed by atoms with Crippen LogP contribution in [0, 0.1) is 10.1 Å². The number of nitrogens with one attached hydrogen (secondary N) is 1. The smallest absolute Gasteiger partial charge is 0.293 e. The fraction of sp³-hybridized carbons (Fsp3) is 0.273. The minimum absolute atomic E-state index is 0.00845. The van der Waals surface area contributed by atoms with Crippen LogP contribution in [0.3, 0.4) is 0 Å². The highest BCUT2D eigenvalue weighted by molar-refractivity contribution is 5.95. The molecule has 0 saturated heterocycles. The summed E-state index contributed by atoms with van der Waals surface area (Å²) in [7, 11) is 0. The Bertz CT molecular complexity index is 554. The molecule has 0 aliphatic rings. The van der Waals surface area contributed by atoms with Crippen LogP contribution in [0.2, 0.25) is 0 Å². The predicted octanol–water partition coefficient (Wildman–Crippen LogP) is 0.369. The summed E-state index contributed by atoms with van der Waals surface area (Å²) in [4.78, 5) is 32.5. The van der Waals surface area contributed by atoms with E-state index in [0.29, 0.717) is 0 Å². The fourth-order valence-electron chi connectivity index (χ4n) is 1.34. The van der Waals surface area contributed by atoms with E-state index in [0.717, 1.165) is 6.07 Å². The molecular weight excluding hydrogens is 252 g/mol. The molecule has 0 fully saturated rings. The topological polar surface area (TPSA) is 141 Å². The molecule has 102 valence electrons. The fourth-order valence-corrected chi connectivity index (χ4v) is 1.34. The second kappa shape index (κ2) is 4.92. The van der Waals surface area contributed by atoms with Crippen molar-refractivity contribution >= 4 is 23.2 Å². The first-order chi connectivity index (χ1) is 8.65. The van der Waals surface area contributed by atoms with Crippen LogP contribution >= 0.6 is 0 Å². The Morgan fingerprint density at radius 2 is 1.89 bits per heavy atom. The van der Waals surface area contributed by atoms with Gasteiger partial charge in [-0.3, -0.25) is 19.7 Å². The lowest BCUT2D eigenvalue weighted by atomic mass is 10.0. The Hall–Kier alpha value is -2.64. The summed E-state index contributed by atoms with van der Waals surface area (Å²) in [5.74, 6) is -1.44. The van der Waals surface area contributed by atoms with E-state index in [2.05, 4.69) is 5.32 Å². The monoisotopic (exact) mass is 266 g/mol. The van der Waals surface area contributed by atoms with Crippen LogP contribution < -0.4 is 16.8 Å². The van der Waals surface area contributed by atoms with Crippen molar-refractivity contribution in [1.82, 2.24) is 0 Å². The number of amides is 2. The van der Waals surface area contributed by atoms with Gasteiger partial charge >= 0.3 is 0 Å². The third kappa shape index (κ3) is 3.18. The second-order valence-corrected chi connectivity index (χ2v) is 4.47. The number of primary amides is 2. The molecule has 0 bridgehead atoms. The molecule has 5 N–H and O–H groups in total. The highest BCUT2D eigenvalue weighted by atomic mass is 16.6. The number of carbonyl (C=O) groups is 2. The largest absolute Gasteiger partial charge is 0.368 e. The Kier molecular flexibility index (Phi) is 3.74. The van der Waals surface area contributed by atoms with Crippen LogP contribution in [0.25, 0.3) is 0 Å². The van der Waals surface area contributed by atoms with E-state index in [-0.39, 0.29) is 16.9 Å². The van der Waals surface area contributed by atoms with Crippen molar-refractivity contribution in [3.63, 3.8) is 0 Å². The van der Waals surface area contributed by atoms with E-state index in [4.69, 9.17) is 11.5 Å². The van der Waals surface area contributed by atoms with Crippen molar-refractivity contribution in [2.45, 2.75) is 19.4 Å². The van der Waals surface area contributed by atoms with Gasteiger partial charge in [-0.05, 0) is 26.0 Å². The maximum Gasteiger partial charge on any atom is 0.293 e. The van der Waals surface area contributed by atoms with Gasteiger partial charge in [-0.15, -0.1) is 0 Å². The van der Waals surface area contributed by atoms with Gasteiger partial charge in [0.25, 0.3) is 5.69 Å². The molecule has 0 saturated carbocycles. The molecule has 0 unspecified atom stereocenters. The van der Waals surface area contributed by atoms with Gasteiger partial charge in [-0.1, -0.05) is 0 Å². The number of nitro benzene ring substituents is 1. The molecule has 0 atom stereocenters. The summed E-state index contributed by atoms with van der Waals surface area (Å²) >= 11 is 0. The van der Waals surface area contributed by atoms with Crippen LogP contribution in [-0.4, -0.2) is 22.3 Å². The number of nitrogens with zero attached hydrogens (tertiary/aromatic N) is 1. The van der Waals surface area contributed by atoms with Crippen LogP contribution in [0.1, 0.15) is 24.2 Å². The predicted molar refractivity (Wildman–Crippen MR) is 68.5 cm³/mol. The Balaban J connectivity index is 3.25. The first-order valence-electron chi connectivity index (χ1n) is 5.31. The van der Waals surface area contributed by atoms with Crippen LogP contribution in [0.4, 0.5) is 11.4 Å². The van der Waals surface area contributed by atoms with Gasteiger partial charge in [-0.25, -0.2) is 0 Å². The molecule has 1 aromatic rings. The molecule has 1 rings (SSSR count). The van der Waals surface area contributed by atoms with E-state index in [9.17, 15) is 19.7 Å². The standard InChI is InChI=1S/C11H14N4O4/c1-11(2,10(13)17)14-7-4-3-6(9(12)16)5-8(7)15(18)19/h3-5,14H,1-2H3,(H2,12,16)(H2,13,17). The van der Waals surface area contributed by atoms with Gasteiger partial charge in [-0.2, -0.15) is 0 Å². The zero-order chi connectivity index (χ0) is 14.8. The minimum Gasteiger partial charge on any atom is -0.368 e. The van der Waals surface area contributed by atoms with Gasteiger partial charge in [0.15, 0.2) is 0 Å². The van der Waals surface area contributed by atoms with Gasteiger partial charge in [0, 0.05) is 11.6 Å². The van der Waals surface area contributed by atoms with Crippen LogP contribution in [-0.2, 0) is 4.79 Å². The minimum atomic E-state index is -1.17. The lowest BCUT2D eigenvalue weighted by Crippen LogP contribution is -2.45. The number of rotatable bonds is 5. The highest BCUT2D eigenvalue weighted by Gasteiger charge is 2.28. The first kappa shape index (κ1) is 14.4. The van der Waals surface area contributed by atoms with E-state index in [1.54, 1.807) is 0 Å². The van der Waals surface area contributed by atoms with Gasteiger partial charge < -0.3 is 16.8 Å². The summed E-state index contributed by atoms with van der Waals surface area (Å²) in [6.07, 6.45) is 0. The molecule has 1 aromatic carbocycles. The SMILES string of the molecule is CC(C)(Nc1ccc(C(N)=O)cc1[N+](=O)[O-])C(N)=O. The zero-order valence-electron chi connectivity index (χ0n) is 10.5. The quantitative estimate of drug-likeness (QED) is 0.521. The Morgan fingerprint density at radius 3 is 2.32 bits per heavy atom. The molecule has 0 radical (unpaired) electrons. The highest BCUT2D eigenvalue weighted by Crippen LogP contribution is 2.28. The van der Waals surface area contributed by atoms with Crippen molar-refractivity contribution in [2.75, 3.05) is 5.32 Å². The summed E-state index contributed by atoms with van der Waals surface area (Å²) in [5.41, 5.74) is 8.80. The molecule has 0 aliphatic heterocycles. The van der Waals surface area contributed by atoms with Crippen molar-refractivity contribution in [2.24, 2.45) is 11.5 Å². The molecule has 8 nitrogen and oxygen atoms in total. The van der Waals surface area contributed by atoms with Crippen molar-refractivity contribution < 1.29 is 14.5 Å². The molecule has 0 spiro atoms. The molecule has 0 aliphatic carbocycles. The van der Waals surface area contributed by atoms with Crippen LogP contribution in [0.15, 0.2) is 18.2 Å². The third-order valence-electron chi connectivity index (χ3n) is 2.54. The lowest BCUT2D eigenvalue weighted by molar-refractivity contribution is -0.384. The van der Waals surface area contributed by atoms with Gasteiger partial charge in [0.2, 0.25) is 11.8 Å². The van der Waals surface area contributed by atoms with E-state index in [1.807, 2.05) is 0 Å². The molecule has 0 aromatic heterocycles. The average Bonchev–Trinajstić information content (AvgIpc) is 2.28. The zero-order valence-corrected chi connectivity index (χ0v) is 10.5. The summed E-state index contributed by atoms with van der Waals surface area (Å²) in [6.45, 7) is 2.97. The normalized spacial score (nSPS) is 10.8. The third-order valence-corrected chi connectivity index (χ3v) is 2.54. The van der Waals surface area contributed by atoms with Crippen molar-refractivity contribution in [1.29, 1.82) is 0 Å². The number of hydrogen-bond donors (Lipinski definition) is 3. The van der Waals surface area contributed by atoms with Crippen molar-refractivity contribution in [3.05, 3.63) is 33.9 Å². The number of nitrogens with two attached hydrogens (primary N) is 2. The van der Waals surface area contributed by atoms with Crippen molar-refractivity contribution in [3.8, 4) is 0 Å². The number of nitro groups is 1. The molecule has 8 heteroatoms. The van der Waals surface area contributed by atoms with E-state index >= 15 is 0 Å². The number of benzene rings is 1. The maximum atomic E-state index is 11.2. The summed E-state index contributed by atoms with van der Waals surface area (Å²) in [6, 6.07) is 3.68. The number of anilines is 1. The van der Waals surface area contributed by atoms with E-state index < -0.39 is 22.3 Å². The van der Waals surface area contributed by atoms with E-state index in [1.165, 1.54) is 26.0 Å². The average molecular weight is 266 g/mol. The second-order valence-electron chi connectivity index (χ2n) is 4.47. The number of carbonyl (C=O) groups excluding carboxylic acids is 2. The molecule has 0 heterocycles. The molecule has 19 heavy (non-hydrogen) atoms. The summed E-state index contributed by atoms with van der Waals surface area (Å²) < 4.78 is 0. The summed E-state index contributed by atoms with van der Waals surface area (Å²) in [5, 5.41) is 13.6. The van der Waals surface area contributed by atoms with Gasteiger partial charge in [0.05, 0.1) is 4.92 Å². The Labute approximate surface area is 108 Å². The lowest BCUT2D eigenvalue weighted by Gasteiger charge is -2.23. The Morgan fingerprint density at radius 1 is 1.32 bits per heavy atom. The maximum absolute atomic E-state index is 11.2. The van der Waals surface area contributed by atoms with Gasteiger partial charge in [0.1, 0.15) is 11.2 Å². The number of hydrogen-bond acceptors (Lipinski definition) is 5. The molecular formula is C11H14N4O4. The first-order valence-corrected chi connectivity index (χ1v) is 5.31. The van der Waals surface area contributed by atoms with Crippen LogP contribution in [0.5, 0.6) is 0 Å². The molecule has 2 amide bonds.